The third kappa shape index (κ3) is 5.12. The zero-order chi connectivity index (χ0) is 14.6. The van der Waals surface area contributed by atoms with Crippen molar-refractivity contribution in [1.82, 2.24) is 5.32 Å². The molecule has 0 aliphatic rings. The van der Waals surface area contributed by atoms with Gasteiger partial charge in [0.2, 0.25) is 0 Å². The standard InChI is InChI=1S/C15H21NO3/c1-10-6-7-12(8-11(10)2)14(18)16-9-13(17)19-15(3,4)5/h6-8H,9H2,1-5H3,(H,16,18). The van der Waals surface area contributed by atoms with E-state index in [9.17, 15) is 9.59 Å². The van der Waals surface area contributed by atoms with Crippen LogP contribution in [0.3, 0.4) is 0 Å². The number of hydrogen-bond acceptors (Lipinski definition) is 3. The van der Waals surface area contributed by atoms with Gasteiger partial charge in [0.1, 0.15) is 12.1 Å². The van der Waals surface area contributed by atoms with Crippen molar-refractivity contribution in [1.29, 1.82) is 0 Å². The van der Waals surface area contributed by atoms with Crippen molar-refractivity contribution < 1.29 is 14.3 Å². The summed E-state index contributed by atoms with van der Waals surface area (Å²) < 4.78 is 5.11. The lowest BCUT2D eigenvalue weighted by atomic mass is 10.1. The molecule has 0 atom stereocenters. The van der Waals surface area contributed by atoms with Gasteiger partial charge in [-0.15, -0.1) is 0 Å². The maximum absolute atomic E-state index is 11.9. The van der Waals surface area contributed by atoms with Gasteiger partial charge < -0.3 is 10.1 Å². The Morgan fingerprint density at radius 3 is 2.32 bits per heavy atom. The number of ether oxygens (including phenoxy) is 1. The van der Waals surface area contributed by atoms with Crippen LogP contribution in [-0.2, 0) is 9.53 Å². The lowest BCUT2D eigenvalue weighted by Crippen LogP contribution is -2.34. The molecule has 1 aromatic carbocycles. The molecule has 0 spiro atoms. The number of carbonyl (C=O) groups excluding carboxylic acids is 2. The topological polar surface area (TPSA) is 55.4 Å². The molecule has 1 rings (SSSR count). The van der Waals surface area contributed by atoms with E-state index in [-0.39, 0.29) is 12.5 Å². The van der Waals surface area contributed by atoms with E-state index in [2.05, 4.69) is 5.32 Å². The molecule has 4 heteroatoms. The normalized spacial score (nSPS) is 11.0. The van der Waals surface area contributed by atoms with Crippen LogP contribution in [0.15, 0.2) is 18.2 Å². The van der Waals surface area contributed by atoms with Crippen molar-refractivity contribution >= 4 is 11.9 Å². The summed E-state index contributed by atoms with van der Waals surface area (Å²) in [4.78, 5) is 23.3. The molecule has 1 amide bonds. The van der Waals surface area contributed by atoms with Crippen LogP contribution in [-0.4, -0.2) is 24.0 Å². The number of amides is 1. The van der Waals surface area contributed by atoms with Gasteiger partial charge in [0.05, 0.1) is 0 Å². The summed E-state index contributed by atoms with van der Waals surface area (Å²) in [5.74, 6) is -0.710. The first kappa shape index (κ1) is 15.2. The molecule has 0 saturated heterocycles. The Labute approximate surface area is 114 Å². The molecule has 0 aliphatic heterocycles. The summed E-state index contributed by atoms with van der Waals surface area (Å²) in [6, 6.07) is 5.43. The molecular formula is C15H21NO3. The fourth-order valence-corrected chi connectivity index (χ4v) is 1.51. The van der Waals surface area contributed by atoms with Crippen LogP contribution in [0, 0.1) is 13.8 Å². The van der Waals surface area contributed by atoms with Crippen molar-refractivity contribution in [2.24, 2.45) is 0 Å². The summed E-state index contributed by atoms with van der Waals surface area (Å²) >= 11 is 0. The van der Waals surface area contributed by atoms with Gasteiger partial charge in [-0.2, -0.15) is 0 Å². The minimum Gasteiger partial charge on any atom is -0.459 e. The third-order valence-electron chi connectivity index (χ3n) is 2.58. The van der Waals surface area contributed by atoms with E-state index in [1.54, 1.807) is 32.9 Å². The molecule has 0 unspecified atom stereocenters. The second kappa shape index (κ2) is 5.87. The number of carbonyl (C=O) groups is 2. The van der Waals surface area contributed by atoms with Crippen LogP contribution in [0.5, 0.6) is 0 Å². The Kier molecular flexibility index (Phi) is 4.70. The number of hydrogen-bond donors (Lipinski definition) is 1. The van der Waals surface area contributed by atoms with Gasteiger partial charge in [-0.1, -0.05) is 6.07 Å². The monoisotopic (exact) mass is 263 g/mol. The summed E-state index contributed by atoms with van der Waals surface area (Å²) in [5, 5.41) is 2.55. The largest absolute Gasteiger partial charge is 0.459 e. The quantitative estimate of drug-likeness (QED) is 0.852. The predicted octanol–water partition coefficient (Wildman–Crippen LogP) is 2.37. The SMILES string of the molecule is Cc1ccc(C(=O)NCC(=O)OC(C)(C)C)cc1C. The fraction of sp³-hybridized carbons (Fsp3) is 0.467. The predicted molar refractivity (Wildman–Crippen MR) is 74.1 cm³/mol. The molecule has 104 valence electrons. The van der Waals surface area contributed by atoms with Crippen LogP contribution in [0.4, 0.5) is 0 Å². The lowest BCUT2D eigenvalue weighted by molar-refractivity contribution is -0.153. The van der Waals surface area contributed by atoms with Crippen molar-refractivity contribution in [2.75, 3.05) is 6.54 Å². The average molecular weight is 263 g/mol. The van der Waals surface area contributed by atoms with E-state index in [1.165, 1.54) is 0 Å². The molecule has 0 aromatic heterocycles. The molecule has 0 bridgehead atoms. The van der Waals surface area contributed by atoms with E-state index in [1.807, 2.05) is 19.9 Å². The highest BCUT2D eigenvalue weighted by atomic mass is 16.6. The number of esters is 1. The van der Waals surface area contributed by atoms with Crippen molar-refractivity contribution in [2.45, 2.75) is 40.2 Å². The summed E-state index contributed by atoms with van der Waals surface area (Å²) in [5.41, 5.74) is 2.18. The smallest absolute Gasteiger partial charge is 0.325 e. The minimum absolute atomic E-state index is 0.122. The van der Waals surface area contributed by atoms with Gasteiger partial charge in [0, 0.05) is 5.56 Å². The highest BCUT2D eigenvalue weighted by Gasteiger charge is 2.17. The van der Waals surface area contributed by atoms with E-state index in [0.29, 0.717) is 5.56 Å². The van der Waals surface area contributed by atoms with Crippen molar-refractivity contribution in [3.63, 3.8) is 0 Å². The van der Waals surface area contributed by atoms with Crippen LogP contribution in [0.2, 0.25) is 0 Å². The first-order valence-electron chi connectivity index (χ1n) is 6.26. The molecule has 0 radical (unpaired) electrons. The second-order valence-corrected chi connectivity index (χ2v) is 5.57. The van der Waals surface area contributed by atoms with Crippen LogP contribution in [0.1, 0.15) is 42.3 Å². The first-order valence-corrected chi connectivity index (χ1v) is 6.26. The second-order valence-electron chi connectivity index (χ2n) is 5.57. The number of nitrogens with one attached hydrogen (secondary N) is 1. The highest BCUT2D eigenvalue weighted by Crippen LogP contribution is 2.10. The van der Waals surface area contributed by atoms with Gasteiger partial charge in [-0.25, -0.2) is 0 Å². The molecule has 0 fully saturated rings. The van der Waals surface area contributed by atoms with E-state index in [4.69, 9.17) is 4.74 Å². The Morgan fingerprint density at radius 1 is 1.16 bits per heavy atom. The van der Waals surface area contributed by atoms with Crippen LogP contribution >= 0.6 is 0 Å². The molecular weight excluding hydrogens is 242 g/mol. The summed E-state index contributed by atoms with van der Waals surface area (Å²) in [7, 11) is 0. The van der Waals surface area contributed by atoms with Gasteiger partial charge in [-0.3, -0.25) is 9.59 Å². The van der Waals surface area contributed by atoms with E-state index >= 15 is 0 Å². The Morgan fingerprint density at radius 2 is 1.79 bits per heavy atom. The Hall–Kier alpha value is -1.84. The Balaban J connectivity index is 2.56. The zero-order valence-electron chi connectivity index (χ0n) is 12.2. The maximum atomic E-state index is 11.9. The number of rotatable bonds is 3. The maximum Gasteiger partial charge on any atom is 0.325 e. The molecule has 0 saturated carbocycles. The van der Waals surface area contributed by atoms with Crippen molar-refractivity contribution in [3.8, 4) is 0 Å². The Bertz CT molecular complexity index is 487. The first-order chi connectivity index (χ1) is 8.69. The summed E-state index contributed by atoms with van der Waals surface area (Å²) in [6.07, 6.45) is 0. The van der Waals surface area contributed by atoms with E-state index < -0.39 is 11.6 Å². The molecule has 1 N–H and O–H groups in total. The van der Waals surface area contributed by atoms with Gasteiger partial charge >= 0.3 is 5.97 Å². The lowest BCUT2D eigenvalue weighted by Gasteiger charge is -2.19. The van der Waals surface area contributed by atoms with E-state index in [0.717, 1.165) is 11.1 Å². The van der Waals surface area contributed by atoms with Crippen molar-refractivity contribution in [3.05, 3.63) is 34.9 Å². The van der Waals surface area contributed by atoms with Gasteiger partial charge in [0.25, 0.3) is 5.91 Å². The zero-order valence-corrected chi connectivity index (χ0v) is 12.2. The summed E-state index contributed by atoms with van der Waals surface area (Å²) in [6.45, 7) is 9.17. The average Bonchev–Trinajstić information content (AvgIpc) is 2.27. The van der Waals surface area contributed by atoms with Gasteiger partial charge in [-0.05, 0) is 57.9 Å². The molecule has 4 nitrogen and oxygen atoms in total. The molecule has 1 aromatic rings. The molecule has 19 heavy (non-hydrogen) atoms. The van der Waals surface area contributed by atoms with Crippen LogP contribution < -0.4 is 5.32 Å². The highest BCUT2D eigenvalue weighted by molar-refractivity contribution is 5.96. The molecule has 0 heterocycles. The number of aryl methyl sites for hydroxylation is 2. The minimum atomic E-state index is -0.539. The third-order valence-corrected chi connectivity index (χ3v) is 2.58. The number of benzene rings is 1. The van der Waals surface area contributed by atoms with Gasteiger partial charge in [0.15, 0.2) is 0 Å². The fourth-order valence-electron chi connectivity index (χ4n) is 1.51. The van der Waals surface area contributed by atoms with Crippen LogP contribution in [0.25, 0.3) is 0 Å². The molecule has 0 aliphatic carbocycles.